The SMILES string of the molecule is C[C@@H]1CC[C@H]2C(C)(C)C3C[C@@]12CC(=O)[C@@H]3C. The van der Waals surface area contributed by atoms with Crippen LogP contribution in [0.4, 0.5) is 0 Å². The monoisotopic (exact) mass is 220 g/mol. The maximum atomic E-state index is 12.2. The molecule has 0 aromatic heterocycles. The average Bonchev–Trinajstić information content (AvgIpc) is 2.59. The Bertz CT molecular complexity index is 343. The second-order valence-electron chi connectivity index (χ2n) is 7.33. The molecule has 0 amide bonds. The van der Waals surface area contributed by atoms with Crippen molar-refractivity contribution >= 4 is 5.78 Å². The maximum Gasteiger partial charge on any atom is 0.136 e. The van der Waals surface area contributed by atoms with Crippen molar-refractivity contribution in [2.45, 2.75) is 53.4 Å². The van der Waals surface area contributed by atoms with E-state index in [9.17, 15) is 4.79 Å². The second-order valence-corrected chi connectivity index (χ2v) is 7.33. The van der Waals surface area contributed by atoms with Gasteiger partial charge < -0.3 is 0 Å². The molecule has 1 spiro atoms. The first-order valence-electron chi connectivity index (χ1n) is 6.92. The Balaban J connectivity index is 2.10. The Hall–Kier alpha value is -0.330. The number of Topliss-reactive ketones (excluding diaryl/α,β-unsaturated/α-hetero) is 1. The highest BCUT2D eigenvalue weighted by molar-refractivity contribution is 5.83. The Kier molecular flexibility index (Phi) is 1.97. The molecule has 0 aliphatic heterocycles. The number of carbonyl (C=O) groups is 1. The Morgan fingerprint density at radius 3 is 2.56 bits per heavy atom. The van der Waals surface area contributed by atoms with E-state index in [1.165, 1.54) is 19.3 Å². The summed E-state index contributed by atoms with van der Waals surface area (Å²) in [6, 6.07) is 0. The van der Waals surface area contributed by atoms with Crippen molar-refractivity contribution in [2.75, 3.05) is 0 Å². The summed E-state index contributed by atoms with van der Waals surface area (Å²) in [5.41, 5.74) is 0.800. The largest absolute Gasteiger partial charge is 0.299 e. The van der Waals surface area contributed by atoms with Gasteiger partial charge in [0, 0.05) is 12.3 Å². The van der Waals surface area contributed by atoms with Gasteiger partial charge in [0.2, 0.25) is 0 Å². The quantitative estimate of drug-likeness (QED) is 0.608. The van der Waals surface area contributed by atoms with Crippen LogP contribution in [0.1, 0.15) is 53.4 Å². The fourth-order valence-corrected chi connectivity index (χ4v) is 5.62. The van der Waals surface area contributed by atoms with Crippen molar-refractivity contribution in [1.82, 2.24) is 0 Å². The summed E-state index contributed by atoms with van der Waals surface area (Å²) < 4.78 is 0. The lowest BCUT2D eigenvalue weighted by Gasteiger charge is -2.38. The molecule has 0 radical (unpaired) electrons. The van der Waals surface area contributed by atoms with Crippen LogP contribution in [-0.4, -0.2) is 5.78 Å². The maximum absolute atomic E-state index is 12.2. The highest BCUT2D eigenvalue weighted by atomic mass is 16.1. The molecule has 3 fully saturated rings. The minimum Gasteiger partial charge on any atom is -0.299 e. The standard InChI is InChI=1S/C15H24O/c1-9-5-6-13-14(3,4)11-7-15(9,13)8-12(16)10(11)2/h9-11,13H,5-8H2,1-4H3/t9-,10-,11?,13+,15-/m1/s1. The molecule has 2 bridgehead atoms. The highest BCUT2D eigenvalue weighted by Crippen LogP contribution is 2.71. The first kappa shape index (κ1) is 10.8. The molecule has 16 heavy (non-hydrogen) atoms. The smallest absolute Gasteiger partial charge is 0.136 e. The number of fused-ring (bicyclic) bond motifs is 1. The number of rotatable bonds is 0. The van der Waals surface area contributed by atoms with Crippen LogP contribution in [0.5, 0.6) is 0 Å². The molecule has 1 unspecified atom stereocenters. The molecule has 0 aromatic carbocycles. The lowest BCUT2D eigenvalue weighted by atomic mass is 9.65. The van der Waals surface area contributed by atoms with Crippen LogP contribution in [0.25, 0.3) is 0 Å². The fourth-order valence-electron chi connectivity index (χ4n) is 5.62. The van der Waals surface area contributed by atoms with Gasteiger partial charge >= 0.3 is 0 Å². The Morgan fingerprint density at radius 2 is 1.88 bits per heavy atom. The predicted molar refractivity (Wildman–Crippen MR) is 65.0 cm³/mol. The first-order chi connectivity index (χ1) is 7.39. The van der Waals surface area contributed by atoms with Crippen LogP contribution < -0.4 is 0 Å². The number of carbonyl (C=O) groups excluding carboxylic acids is 1. The zero-order chi connectivity index (χ0) is 11.7. The molecule has 3 rings (SSSR count). The highest BCUT2D eigenvalue weighted by Gasteiger charge is 2.66. The molecule has 3 saturated carbocycles. The van der Waals surface area contributed by atoms with Crippen molar-refractivity contribution in [3.63, 3.8) is 0 Å². The molecular weight excluding hydrogens is 196 g/mol. The van der Waals surface area contributed by atoms with E-state index in [4.69, 9.17) is 0 Å². The predicted octanol–water partition coefficient (Wildman–Crippen LogP) is 3.67. The molecule has 1 nitrogen and oxygen atoms in total. The summed E-state index contributed by atoms with van der Waals surface area (Å²) in [5, 5.41) is 0. The lowest BCUT2D eigenvalue weighted by molar-refractivity contribution is -0.130. The third-order valence-corrected chi connectivity index (χ3v) is 6.63. The molecule has 1 heteroatoms. The van der Waals surface area contributed by atoms with Crippen LogP contribution in [0, 0.1) is 34.5 Å². The second kappa shape index (κ2) is 2.91. The summed E-state index contributed by atoms with van der Waals surface area (Å²) in [7, 11) is 0. The topological polar surface area (TPSA) is 17.1 Å². The third kappa shape index (κ3) is 1.01. The van der Waals surface area contributed by atoms with E-state index in [-0.39, 0.29) is 0 Å². The van der Waals surface area contributed by atoms with Gasteiger partial charge in [0.1, 0.15) is 5.78 Å². The molecule has 3 aliphatic rings. The molecule has 90 valence electrons. The van der Waals surface area contributed by atoms with Crippen LogP contribution in [0.3, 0.4) is 0 Å². The van der Waals surface area contributed by atoms with Crippen LogP contribution >= 0.6 is 0 Å². The lowest BCUT2D eigenvalue weighted by Crippen LogP contribution is -2.36. The first-order valence-corrected chi connectivity index (χ1v) is 6.92. The van der Waals surface area contributed by atoms with Crippen molar-refractivity contribution in [3.05, 3.63) is 0 Å². The summed E-state index contributed by atoms with van der Waals surface area (Å²) in [5.74, 6) is 3.12. The molecule has 5 atom stereocenters. The summed E-state index contributed by atoms with van der Waals surface area (Å²) in [6.45, 7) is 9.42. The fraction of sp³-hybridized carbons (Fsp3) is 0.933. The molecule has 0 saturated heterocycles. The Labute approximate surface area is 99.0 Å². The van der Waals surface area contributed by atoms with Gasteiger partial charge in [-0.15, -0.1) is 0 Å². The Morgan fingerprint density at radius 1 is 1.19 bits per heavy atom. The van der Waals surface area contributed by atoms with Gasteiger partial charge in [-0.3, -0.25) is 4.79 Å². The summed E-state index contributed by atoms with van der Waals surface area (Å²) in [4.78, 5) is 12.2. The van der Waals surface area contributed by atoms with E-state index in [1.54, 1.807) is 0 Å². The van der Waals surface area contributed by atoms with E-state index in [2.05, 4.69) is 27.7 Å². The van der Waals surface area contributed by atoms with Gasteiger partial charge in [0.05, 0.1) is 0 Å². The average molecular weight is 220 g/mol. The number of ketones is 1. The molecule has 0 heterocycles. The normalized spacial score (nSPS) is 54.1. The van der Waals surface area contributed by atoms with E-state index >= 15 is 0 Å². The van der Waals surface area contributed by atoms with Crippen LogP contribution in [0.15, 0.2) is 0 Å². The van der Waals surface area contributed by atoms with Gasteiger partial charge in [-0.05, 0) is 47.8 Å². The van der Waals surface area contributed by atoms with Gasteiger partial charge in [-0.1, -0.05) is 27.7 Å². The van der Waals surface area contributed by atoms with Gasteiger partial charge in [-0.2, -0.15) is 0 Å². The van der Waals surface area contributed by atoms with E-state index in [1.807, 2.05) is 0 Å². The van der Waals surface area contributed by atoms with Gasteiger partial charge in [0.15, 0.2) is 0 Å². The van der Waals surface area contributed by atoms with E-state index in [0.717, 1.165) is 18.3 Å². The van der Waals surface area contributed by atoms with Gasteiger partial charge in [-0.25, -0.2) is 0 Å². The molecular formula is C15H24O. The van der Waals surface area contributed by atoms with Crippen molar-refractivity contribution in [1.29, 1.82) is 0 Å². The van der Waals surface area contributed by atoms with E-state index < -0.39 is 0 Å². The van der Waals surface area contributed by atoms with Crippen molar-refractivity contribution in [2.24, 2.45) is 34.5 Å². The van der Waals surface area contributed by atoms with Crippen molar-refractivity contribution < 1.29 is 4.79 Å². The molecule has 0 aromatic rings. The zero-order valence-electron chi connectivity index (χ0n) is 11.0. The van der Waals surface area contributed by atoms with Crippen molar-refractivity contribution in [3.8, 4) is 0 Å². The number of hydrogen-bond donors (Lipinski definition) is 0. The minimum atomic E-state index is 0.318. The van der Waals surface area contributed by atoms with Crippen LogP contribution in [-0.2, 0) is 4.79 Å². The summed E-state index contributed by atoms with van der Waals surface area (Å²) in [6.07, 6.45) is 4.94. The summed E-state index contributed by atoms with van der Waals surface area (Å²) >= 11 is 0. The third-order valence-electron chi connectivity index (χ3n) is 6.63. The minimum absolute atomic E-state index is 0.318. The van der Waals surface area contributed by atoms with E-state index in [0.29, 0.717) is 28.4 Å². The van der Waals surface area contributed by atoms with Crippen LogP contribution in [0.2, 0.25) is 0 Å². The molecule has 0 N–H and O–H groups in total. The number of hydrogen-bond acceptors (Lipinski definition) is 1. The van der Waals surface area contributed by atoms with Gasteiger partial charge in [0.25, 0.3) is 0 Å². The zero-order valence-corrected chi connectivity index (χ0v) is 11.0. The molecule has 3 aliphatic carbocycles.